The van der Waals surface area contributed by atoms with E-state index in [0.717, 1.165) is 12.1 Å². The number of aromatic nitrogens is 2. The molecule has 1 aliphatic heterocycles. The summed E-state index contributed by atoms with van der Waals surface area (Å²) in [5.41, 5.74) is -2.13. The van der Waals surface area contributed by atoms with Gasteiger partial charge < -0.3 is 15.3 Å². The molecule has 1 aromatic heterocycles. The van der Waals surface area contributed by atoms with E-state index in [2.05, 4.69) is 15.3 Å². The van der Waals surface area contributed by atoms with Crippen molar-refractivity contribution in [3.05, 3.63) is 42.7 Å². The van der Waals surface area contributed by atoms with Gasteiger partial charge in [-0.2, -0.15) is 0 Å². The number of hydrogen-bond donors (Lipinski definition) is 2. The number of carbonyl (C=O) groups is 1. The Labute approximate surface area is 144 Å². The molecule has 1 unspecified atom stereocenters. The number of benzene rings is 1. The van der Waals surface area contributed by atoms with Crippen molar-refractivity contribution in [2.24, 2.45) is 5.41 Å². The average Bonchev–Trinajstić information content (AvgIpc) is 2.91. The lowest BCUT2D eigenvalue weighted by Crippen LogP contribution is -2.53. The number of aliphatic carboxylic acids is 1. The lowest BCUT2D eigenvalue weighted by atomic mass is 9.61. The number of carboxylic acid groups (broad SMARTS) is 1. The number of anilines is 3. The summed E-state index contributed by atoms with van der Waals surface area (Å²) in [6.07, 6.45) is 3.49. The van der Waals surface area contributed by atoms with Crippen LogP contribution in [0.2, 0.25) is 0 Å². The second-order valence-corrected chi connectivity index (χ2v) is 6.85. The molecule has 1 aromatic carbocycles. The van der Waals surface area contributed by atoms with Crippen LogP contribution >= 0.6 is 0 Å². The van der Waals surface area contributed by atoms with Crippen LogP contribution in [0.1, 0.15) is 19.3 Å². The van der Waals surface area contributed by atoms with Gasteiger partial charge in [0.25, 0.3) is 0 Å². The number of alkyl halides is 1. The summed E-state index contributed by atoms with van der Waals surface area (Å²) in [5.74, 6) is -0.239. The van der Waals surface area contributed by atoms with E-state index in [4.69, 9.17) is 0 Å². The minimum Gasteiger partial charge on any atom is -0.479 e. The van der Waals surface area contributed by atoms with E-state index < -0.39 is 17.1 Å². The van der Waals surface area contributed by atoms with Crippen molar-refractivity contribution < 1.29 is 14.3 Å². The molecule has 2 aliphatic rings. The molecular formula is C18H19FN4O2. The first-order valence-electron chi connectivity index (χ1n) is 8.34. The van der Waals surface area contributed by atoms with Gasteiger partial charge >= 0.3 is 5.97 Å². The first-order valence-corrected chi connectivity index (χ1v) is 8.34. The molecule has 7 heteroatoms. The van der Waals surface area contributed by atoms with Crippen LogP contribution in [0, 0.1) is 5.41 Å². The molecule has 1 saturated heterocycles. The zero-order valence-corrected chi connectivity index (χ0v) is 13.7. The van der Waals surface area contributed by atoms with E-state index in [0.29, 0.717) is 31.0 Å². The minimum atomic E-state index is -2.22. The van der Waals surface area contributed by atoms with Crippen molar-refractivity contribution in [1.29, 1.82) is 0 Å². The summed E-state index contributed by atoms with van der Waals surface area (Å²) in [7, 11) is 0. The van der Waals surface area contributed by atoms with Gasteiger partial charge in [0.15, 0.2) is 0 Å². The number of carboxylic acids is 1. The zero-order valence-electron chi connectivity index (χ0n) is 13.7. The molecule has 4 rings (SSSR count). The smallest absolute Gasteiger partial charge is 0.344 e. The molecule has 2 N–H and O–H groups in total. The number of hydrogen-bond acceptors (Lipinski definition) is 5. The van der Waals surface area contributed by atoms with E-state index in [-0.39, 0.29) is 6.54 Å². The summed E-state index contributed by atoms with van der Waals surface area (Å²) >= 11 is 0. The lowest BCUT2D eigenvalue weighted by molar-refractivity contribution is -0.162. The van der Waals surface area contributed by atoms with Gasteiger partial charge in [-0.3, -0.25) is 0 Å². The van der Waals surface area contributed by atoms with Crippen molar-refractivity contribution in [2.75, 3.05) is 23.3 Å². The molecule has 1 spiro atoms. The van der Waals surface area contributed by atoms with Crippen LogP contribution in [-0.2, 0) is 4.79 Å². The number of nitrogens with zero attached hydrogens (tertiary/aromatic N) is 3. The summed E-state index contributed by atoms with van der Waals surface area (Å²) < 4.78 is 15.2. The maximum Gasteiger partial charge on any atom is 0.344 e. The van der Waals surface area contributed by atoms with E-state index in [1.807, 2.05) is 30.3 Å². The average molecular weight is 342 g/mol. The Kier molecular flexibility index (Phi) is 3.59. The molecule has 6 nitrogen and oxygen atoms in total. The fourth-order valence-electron chi connectivity index (χ4n) is 3.85. The third-order valence-electron chi connectivity index (χ3n) is 5.42. The minimum absolute atomic E-state index is 0.176. The fourth-order valence-corrected chi connectivity index (χ4v) is 3.85. The molecule has 2 aromatic rings. The van der Waals surface area contributed by atoms with Crippen LogP contribution < -0.4 is 10.2 Å². The van der Waals surface area contributed by atoms with Gasteiger partial charge in [0, 0.05) is 23.7 Å². The van der Waals surface area contributed by atoms with Gasteiger partial charge in [-0.05, 0) is 25.0 Å². The maximum absolute atomic E-state index is 15.2. The van der Waals surface area contributed by atoms with Crippen LogP contribution in [0.4, 0.5) is 21.7 Å². The monoisotopic (exact) mass is 342 g/mol. The van der Waals surface area contributed by atoms with Crippen LogP contribution in [0.5, 0.6) is 0 Å². The van der Waals surface area contributed by atoms with Gasteiger partial charge in [0.1, 0.15) is 18.0 Å². The highest BCUT2D eigenvalue weighted by Gasteiger charge is 2.66. The molecular weight excluding hydrogens is 323 g/mol. The first-order chi connectivity index (χ1) is 12.0. The normalized spacial score (nSPS) is 24.1. The molecule has 1 atom stereocenters. The Balaban J connectivity index is 1.59. The molecule has 1 saturated carbocycles. The number of para-hydroxylation sites is 1. The molecule has 2 fully saturated rings. The topological polar surface area (TPSA) is 78.4 Å². The van der Waals surface area contributed by atoms with Crippen LogP contribution in [0.15, 0.2) is 42.7 Å². The summed E-state index contributed by atoms with van der Waals surface area (Å²) in [4.78, 5) is 21.7. The van der Waals surface area contributed by atoms with Crippen molar-refractivity contribution >= 4 is 23.3 Å². The molecule has 25 heavy (non-hydrogen) atoms. The third kappa shape index (κ3) is 2.50. The predicted molar refractivity (Wildman–Crippen MR) is 91.7 cm³/mol. The summed E-state index contributed by atoms with van der Waals surface area (Å²) in [6, 6.07) is 11.3. The largest absolute Gasteiger partial charge is 0.479 e. The van der Waals surface area contributed by atoms with Gasteiger partial charge in [0.2, 0.25) is 5.67 Å². The van der Waals surface area contributed by atoms with Crippen molar-refractivity contribution in [3.63, 3.8) is 0 Å². The van der Waals surface area contributed by atoms with Crippen LogP contribution in [0.3, 0.4) is 0 Å². The van der Waals surface area contributed by atoms with Crippen LogP contribution in [-0.4, -0.2) is 39.8 Å². The highest BCUT2D eigenvalue weighted by molar-refractivity contribution is 5.81. The van der Waals surface area contributed by atoms with Crippen molar-refractivity contribution in [3.8, 4) is 0 Å². The second-order valence-electron chi connectivity index (χ2n) is 6.85. The highest BCUT2D eigenvalue weighted by atomic mass is 19.1. The number of nitrogens with one attached hydrogen (secondary N) is 1. The first kappa shape index (κ1) is 15.8. The van der Waals surface area contributed by atoms with E-state index in [1.54, 1.807) is 11.0 Å². The molecule has 1 aliphatic carbocycles. The molecule has 0 radical (unpaired) electrons. The van der Waals surface area contributed by atoms with Gasteiger partial charge in [-0.1, -0.05) is 24.6 Å². The maximum atomic E-state index is 15.2. The van der Waals surface area contributed by atoms with Crippen molar-refractivity contribution in [2.45, 2.75) is 24.9 Å². The summed E-state index contributed by atoms with van der Waals surface area (Å²) in [6.45, 7) is 0.196. The molecule has 0 bridgehead atoms. The molecule has 130 valence electrons. The summed E-state index contributed by atoms with van der Waals surface area (Å²) in [5, 5.41) is 12.6. The van der Waals surface area contributed by atoms with Crippen LogP contribution in [0.25, 0.3) is 0 Å². The SMILES string of the molecule is O=C(O)C1(F)CN(c2cc(Nc3ccccc3)ncn2)CC12CCC2. The number of halogens is 1. The Morgan fingerprint density at radius 1 is 1.20 bits per heavy atom. The Morgan fingerprint density at radius 2 is 1.96 bits per heavy atom. The Morgan fingerprint density at radius 3 is 2.56 bits per heavy atom. The zero-order chi connectivity index (χ0) is 17.5. The fraction of sp³-hybridized carbons (Fsp3) is 0.389. The standard InChI is InChI=1S/C18H19FN4O2/c19-18(16(24)25)11-23(10-17(18)7-4-8-17)15-9-14(20-12-21-15)22-13-5-2-1-3-6-13/h1-3,5-6,9,12H,4,7-8,10-11H2,(H,24,25)(H,20,21,22). The lowest BCUT2D eigenvalue weighted by Gasteiger charge is -2.43. The van der Waals surface area contributed by atoms with Gasteiger partial charge in [-0.25, -0.2) is 19.2 Å². The molecule has 2 heterocycles. The van der Waals surface area contributed by atoms with E-state index >= 15 is 4.39 Å². The van der Waals surface area contributed by atoms with Gasteiger partial charge in [0.05, 0.1) is 6.54 Å². The Hall–Kier alpha value is -2.70. The quantitative estimate of drug-likeness (QED) is 0.889. The van der Waals surface area contributed by atoms with Crippen molar-refractivity contribution in [1.82, 2.24) is 9.97 Å². The third-order valence-corrected chi connectivity index (χ3v) is 5.42. The van der Waals surface area contributed by atoms with Gasteiger partial charge in [-0.15, -0.1) is 0 Å². The predicted octanol–water partition coefficient (Wildman–Crippen LogP) is 3.00. The molecule has 0 amide bonds. The highest BCUT2D eigenvalue weighted by Crippen LogP contribution is 2.56. The number of rotatable bonds is 4. The Bertz CT molecular complexity index is 797. The second kappa shape index (κ2) is 5.68. The van der Waals surface area contributed by atoms with E-state index in [1.165, 1.54) is 6.33 Å². The van der Waals surface area contributed by atoms with E-state index in [9.17, 15) is 9.90 Å².